The molecule has 0 amide bonds. The smallest absolute Gasteiger partial charge is 0.227 e. The monoisotopic (exact) mass is 236 g/mol. The molecule has 0 aliphatic rings. The first-order valence-corrected chi connectivity index (χ1v) is 5.23. The molecule has 0 bridgehead atoms. The number of aliphatic imine (C=N–C) groups is 2. The highest BCUT2D eigenvalue weighted by molar-refractivity contribution is 5.92. The van der Waals surface area contributed by atoms with Gasteiger partial charge in [-0.05, 0) is 26.8 Å². The van der Waals surface area contributed by atoms with Gasteiger partial charge in [-0.15, -0.1) is 0 Å². The Morgan fingerprint density at radius 2 is 1.94 bits per heavy atom. The van der Waals surface area contributed by atoms with E-state index >= 15 is 0 Å². The Morgan fingerprint density at radius 3 is 2.41 bits per heavy atom. The van der Waals surface area contributed by atoms with Crippen LogP contribution >= 0.6 is 0 Å². The van der Waals surface area contributed by atoms with Gasteiger partial charge >= 0.3 is 0 Å². The van der Waals surface area contributed by atoms with Crippen molar-refractivity contribution in [2.45, 2.75) is 20.8 Å². The molecule has 0 heterocycles. The van der Waals surface area contributed by atoms with Gasteiger partial charge in [-0.1, -0.05) is 13.2 Å². The van der Waals surface area contributed by atoms with Crippen LogP contribution in [0.5, 0.6) is 0 Å². The normalized spacial score (nSPS) is 13.3. The molecule has 0 atom stereocenters. The fourth-order valence-electron chi connectivity index (χ4n) is 0.808. The number of methoxy groups -OCH3 is 1. The Bertz CT molecular complexity index is 366. The van der Waals surface area contributed by atoms with Crippen LogP contribution in [0.1, 0.15) is 20.8 Å². The van der Waals surface area contributed by atoms with Crippen LogP contribution in [0.3, 0.4) is 0 Å². The Morgan fingerprint density at radius 1 is 1.29 bits per heavy atom. The van der Waals surface area contributed by atoms with Crippen molar-refractivity contribution in [3.8, 4) is 0 Å². The van der Waals surface area contributed by atoms with E-state index in [9.17, 15) is 0 Å². The summed E-state index contributed by atoms with van der Waals surface area (Å²) in [5.41, 5.74) is 1.50. The van der Waals surface area contributed by atoms with Crippen LogP contribution in [0.15, 0.2) is 46.9 Å². The van der Waals surface area contributed by atoms with E-state index in [2.05, 4.69) is 23.1 Å². The van der Waals surface area contributed by atoms with E-state index in [4.69, 9.17) is 9.47 Å². The Balaban J connectivity index is 4.36. The SMILES string of the molecule is C=C/C(C)=N\C=C(/C)OC/C(=N/C(=C)C)OC. The summed E-state index contributed by atoms with van der Waals surface area (Å²) in [5.74, 6) is 1.16. The van der Waals surface area contributed by atoms with E-state index in [0.717, 1.165) is 5.71 Å². The maximum Gasteiger partial charge on any atom is 0.227 e. The van der Waals surface area contributed by atoms with Gasteiger partial charge < -0.3 is 9.47 Å². The zero-order chi connectivity index (χ0) is 13.3. The second kappa shape index (κ2) is 8.33. The van der Waals surface area contributed by atoms with Crippen molar-refractivity contribution in [1.29, 1.82) is 0 Å². The van der Waals surface area contributed by atoms with Crippen LogP contribution in [-0.2, 0) is 9.47 Å². The summed E-state index contributed by atoms with van der Waals surface area (Å²) in [6, 6.07) is 0. The van der Waals surface area contributed by atoms with Crippen molar-refractivity contribution in [2.24, 2.45) is 9.98 Å². The lowest BCUT2D eigenvalue weighted by molar-refractivity contribution is 0.232. The summed E-state index contributed by atoms with van der Waals surface area (Å²) in [4.78, 5) is 8.20. The zero-order valence-electron chi connectivity index (χ0n) is 11.0. The summed E-state index contributed by atoms with van der Waals surface area (Å²) in [6.45, 7) is 13.0. The highest BCUT2D eigenvalue weighted by atomic mass is 16.5. The summed E-state index contributed by atoms with van der Waals surface area (Å²) < 4.78 is 10.5. The second-order valence-corrected chi connectivity index (χ2v) is 3.45. The fourth-order valence-corrected chi connectivity index (χ4v) is 0.808. The minimum absolute atomic E-state index is 0.258. The van der Waals surface area contributed by atoms with Gasteiger partial charge in [-0.2, -0.15) is 0 Å². The minimum atomic E-state index is 0.258. The maximum atomic E-state index is 5.41. The molecule has 94 valence electrons. The predicted octanol–water partition coefficient (Wildman–Crippen LogP) is 3.09. The molecular formula is C13H20N2O2. The molecule has 17 heavy (non-hydrogen) atoms. The van der Waals surface area contributed by atoms with Gasteiger partial charge in [-0.25, -0.2) is 4.99 Å². The third-order valence-corrected chi connectivity index (χ3v) is 1.72. The average Bonchev–Trinajstić information content (AvgIpc) is 2.30. The van der Waals surface area contributed by atoms with Crippen molar-refractivity contribution in [1.82, 2.24) is 0 Å². The van der Waals surface area contributed by atoms with Crippen molar-refractivity contribution in [3.63, 3.8) is 0 Å². The molecule has 4 nitrogen and oxygen atoms in total. The minimum Gasteiger partial charge on any atom is -0.487 e. The van der Waals surface area contributed by atoms with Gasteiger partial charge in [0.1, 0.15) is 5.76 Å². The van der Waals surface area contributed by atoms with Crippen LogP contribution in [0.4, 0.5) is 0 Å². The molecule has 0 radical (unpaired) electrons. The van der Waals surface area contributed by atoms with E-state index in [1.807, 2.05) is 13.8 Å². The van der Waals surface area contributed by atoms with Gasteiger partial charge in [0.05, 0.1) is 13.3 Å². The third-order valence-electron chi connectivity index (χ3n) is 1.72. The first-order valence-electron chi connectivity index (χ1n) is 5.23. The highest BCUT2D eigenvalue weighted by Crippen LogP contribution is 1.99. The molecule has 0 rings (SSSR count). The summed E-state index contributed by atoms with van der Waals surface area (Å²) in [6.07, 6.45) is 3.30. The molecule has 0 aliphatic heterocycles. The fraction of sp³-hybridized carbons (Fsp3) is 0.385. The highest BCUT2D eigenvalue weighted by Gasteiger charge is 1.99. The molecule has 0 fully saturated rings. The molecule has 0 aromatic heterocycles. The number of nitrogens with zero attached hydrogens (tertiary/aromatic N) is 2. The molecule has 0 saturated heterocycles. The van der Waals surface area contributed by atoms with E-state index in [-0.39, 0.29) is 6.61 Å². The molecule has 0 saturated carbocycles. The quantitative estimate of drug-likeness (QED) is 0.404. The Hall–Kier alpha value is -1.84. The van der Waals surface area contributed by atoms with Gasteiger partial charge in [-0.3, -0.25) is 4.99 Å². The first kappa shape index (κ1) is 15.2. The van der Waals surface area contributed by atoms with Crippen molar-refractivity contribution < 1.29 is 9.47 Å². The maximum absolute atomic E-state index is 5.41. The number of rotatable bonds is 6. The van der Waals surface area contributed by atoms with E-state index in [1.54, 1.807) is 26.3 Å². The van der Waals surface area contributed by atoms with Crippen LogP contribution in [0.2, 0.25) is 0 Å². The molecule has 0 spiro atoms. The van der Waals surface area contributed by atoms with Gasteiger partial charge in [0.2, 0.25) is 5.90 Å². The number of allylic oxidation sites excluding steroid dienone is 3. The lowest BCUT2D eigenvalue weighted by Crippen LogP contribution is -2.10. The van der Waals surface area contributed by atoms with Gasteiger partial charge in [0.15, 0.2) is 6.61 Å². The van der Waals surface area contributed by atoms with Gasteiger partial charge in [0.25, 0.3) is 0 Å². The molecule has 0 aliphatic carbocycles. The number of ether oxygens (including phenoxy) is 2. The number of hydrogen-bond acceptors (Lipinski definition) is 4. The third kappa shape index (κ3) is 8.02. The van der Waals surface area contributed by atoms with Crippen molar-refractivity contribution in [3.05, 3.63) is 36.9 Å². The zero-order valence-corrected chi connectivity index (χ0v) is 11.0. The largest absolute Gasteiger partial charge is 0.487 e. The van der Waals surface area contributed by atoms with Crippen LogP contribution in [0, 0.1) is 0 Å². The van der Waals surface area contributed by atoms with Crippen molar-refractivity contribution in [2.75, 3.05) is 13.7 Å². The molecule has 0 unspecified atom stereocenters. The van der Waals surface area contributed by atoms with E-state index in [1.165, 1.54) is 0 Å². The molecule has 4 heteroatoms. The van der Waals surface area contributed by atoms with Crippen LogP contribution < -0.4 is 0 Å². The lowest BCUT2D eigenvalue weighted by atomic mass is 10.4. The van der Waals surface area contributed by atoms with Gasteiger partial charge in [0, 0.05) is 11.4 Å². The van der Waals surface area contributed by atoms with E-state index < -0.39 is 0 Å². The summed E-state index contributed by atoms with van der Waals surface area (Å²) in [7, 11) is 1.55. The topological polar surface area (TPSA) is 43.2 Å². The molecule has 0 N–H and O–H groups in total. The standard InChI is InChI=1S/C13H20N2O2/c1-7-11(4)14-8-12(5)17-9-13(16-6)15-10(2)3/h7-8H,1-2,9H2,3-6H3/b12-8+,14-11-,15-13-. The molecular weight excluding hydrogens is 216 g/mol. The van der Waals surface area contributed by atoms with E-state index in [0.29, 0.717) is 17.4 Å². The predicted molar refractivity (Wildman–Crippen MR) is 72.3 cm³/mol. The Kier molecular flexibility index (Phi) is 7.43. The molecule has 0 aromatic rings. The number of hydrogen-bond donors (Lipinski definition) is 0. The average molecular weight is 236 g/mol. The lowest BCUT2D eigenvalue weighted by Gasteiger charge is -2.07. The molecule has 0 aromatic carbocycles. The van der Waals surface area contributed by atoms with Crippen LogP contribution in [0.25, 0.3) is 0 Å². The summed E-state index contributed by atoms with van der Waals surface area (Å²) >= 11 is 0. The summed E-state index contributed by atoms with van der Waals surface area (Å²) in [5, 5.41) is 0. The first-order chi connectivity index (χ1) is 7.99. The second-order valence-electron chi connectivity index (χ2n) is 3.45. The Labute approximate surface area is 103 Å². The van der Waals surface area contributed by atoms with Crippen LogP contribution in [-0.4, -0.2) is 25.3 Å². The van der Waals surface area contributed by atoms with Crippen molar-refractivity contribution >= 4 is 11.6 Å².